The molecule has 3 heteroatoms. The number of nitriles is 1. The van der Waals surface area contributed by atoms with E-state index in [2.05, 4.69) is 23.5 Å². The smallest absolute Gasteiger partial charge is 0.124 e. The number of hydrogen-bond acceptors (Lipinski definition) is 2. The van der Waals surface area contributed by atoms with Crippen molar-refractivity contribution in [3.63, 3.8) is 0 Å². The minimum absolute atomic E-state index is 0.315. The summed E-state index contributed by atoms with van der Waals surface area (Å²) in [6.45, 7) is 0.585. The van der Waals surface area contributed by atoms with Crippen LogP contribution in [0.3, 0.4) is 0 Å². The molecule has 1 N–H and O–H groups in total. The Balaban J connectivity index is 1.89. The van der Waals surface area contributed by atoms with Gasteiger partial charge < -0.3 is 5.32 Å². The molecule has 0 amide bonds. The molecule has 0 aromatic heterocycles. The standard InChI is InChI=1S/C18H13FN2/c19-16-8-9-18(15(10-16)11-20)21-12-14-6-3-5-13-4-1-2-7-17(13)14/h1-10,21H,12H2. The van der Waals surface area contributed by atoms with Gasteiger partial charge in [-0.2, -0.15) is 5.26 Å². The quantitative estimate of drug-likeness (QED) is 0.766. The molecule has 21 heavy (non-hydrogen) atoms. The zero-order valence-electron chi connectivity index (χ0n) is 11.3. The maximum Gasteiger partial charge on any atom is 0.124 e. The van der Waals surface area contributed by atoms with Crippen LogP contribution in [0.4, 0.5) is 10.1 Å². The zero-order valence-corrected chi connectivity index (χ0v) is 11.3. The van der Waals surface area contributed by atoms with Crippen LogP contribution < -0.4 is 5.32 Å². The van der Waals surface area contributed by atoms with E-state index in [0.717, 1.165) is 5.56 Å². The van der Waals surface area contributed by atoms with E-state index in [-0.39, 0.29) is 0 Å². The summed E-state index contributed by atoms with van der Waals surface area (Å²) in [6, 6.07) is 20.5. The highest BCUT2D eigenvalue weighted by atomic mass is 19.1. The molecule has 0 spiro atoms. The van der Waals surface area contributed by atoms with Crippen LogP contribution in [-0.2, 0) is 6.54 Å². The lowest BCUT2D eigenvalue weighted by Gasteiger charge is -2.10. The highest BCUT2D eigenvalue weighted by Crippen LogP contribution is 2.21. The van der Waals surface area contributed by atoms with Crippen molar-refractivity contribution in [3.05, 3.63) is 77.6 Å². The van der Waals surface area contributed by atoms with E-state index in [9.17, 15) is 4.39 Å². The first-order valence-corrected chi connectivity index (χ1v) is 6.68. The first-order chi connectivity index (χ1) is 10.3. The molecule has 0 aliphatic rings. The van der Waals surface area contributed by atoms with Gasteiger partial charge >= 0.3 is 0 Å². The molecule has 0 atom stereocenters. The maximum absolute atomic E-state index is 13.1. The average Bonchev–Trinajstić information content (AvgIpc) is 2.53. The Hall–Kier alpha value is -2.86. The van der Waals surface area contributed by atoms with E-state index in [0.29, 0.717) is 17.8 Å². The molecule has 3 rings (SSSR count). The van der Waals surface area contributed by atoms with Gasteiger partial charge in [0.25, 0.3) is 0 Å². The zero-order chi connectivity index (χ0) is 14.7. The molecule has 3 aromatic carbocycles. The van der Waals surface area contributed by atoms with Gasteiger partial charge in [-0.1, -0.05) is 42.5 Å². The van der Waals surface area contributed by atoms with E-state index in [1.165, 1.54) is 22.9 Å². The molecule has 0 fully saturated rings. The molecule has 0 saturated heterocycles. The van der Waals surface area contributed by atoms with Crippen LogP contribution in [0.25, 0.3) is 10.8 Å². The number of nitrogens with zero attached hydrogens (tertiary/aromatic N) is 1. The SMILES string of the molecule is N#Cc1cc(F)ccc1NCc1cccc2ccccc12. The van der Waals surface area contributed by atoms with Gasteiger partial charge in [0.15, 0.2) is 0 Å². The number of benzene rings is 3. The van der Waals surface area contributed by atoms with Gasteiger partial charge in [-0.05, 0) is 34.5 Å². The Morgan fingerprint density at radius 2 is 1.81 bits per heavy atom. The summed E-state index contributed by atoms with van der Waals surface area (Å²) in [6.07, 6.45) is 0. The van der Waals surface area contributed by atoms with Crippen molar-refractivity contribution in [2.24, 2.45) is 0 Å². The van der Waals surface area contributed by atoms with Gasteiger partial charge in [-0.3, -0.25) is 0 Å². The number of nitrogens with one attached hydrogen (secondary N) is 1. The Kier molecular flexibility index (Phi) is 3.53. The fraction of sp³-hybridized carbons (Fsp3) is 0.0556. The van der Waals surface area contributed by atoms with Crippen LogP contribution in [-0.4, -0.2) is 0 Å². The molecule has 2 nitrogen and oxygen atoms in total. The summed E-state index contributed by atoms with van der Waals surface area (Å²) in [5.74, 6) is -0.401. The Labute approximate surface area is 122 Å². The lowest BCUT2D eigenvalue weighted by Crippen LogP contribution is -2.02. The molecule has 0 aliphatic carbocycles. The topological polar surface area (TPSA) is 35.8 Å². The number of anilines is 1. The van der Waals surface area contributed by atoms with E-state index >= 15 is 0 Å². The molecular formula is C18H13FN2. The second kappa shape index (κ2) is 5.64. The third kappa shape index (κ3) is 2.70. The Bertz CT molecular complexity index is 829. The number of rotatable bonds is 3. The van der Waals surface area contributed by atoms with E-state index in [4.69, 9.17) is 5.26 Å². The van der Waals surface area contributed by atoms with Crippen LogP contribution in [0.15, 0.2) is 60.7 Å². The lowest BCUT2D eigenvalue weighted by atomic mass is 10.0. The number of fused-ring (bicyclic) bond motifs is 1. The van der Waals surface area contributed by atoms with Crippen LogP contribution in [0.2, 0.25) is 0 Å². The van der Waals surface area contributed by atoms with Crippen molar-refractivity contribution in [3.8, 4) is 6.07 Å². The summed E-state index contributed by atoms with van der Waals surface area (Å²) in [5.41, 5.74) is 2.10. The Morgan fingerprint density at radius 3 is 2.67 bits per heavy atom. The van der Waals surface area contributed by atoms with Crippen molar-refractivity contribution in [2.45, 2.75) is 6.54 Å². The molecule has 0 radical (unpaired) electrons. The number of hydrogen-bond donors (Lipinski definition) is 1. The van der Waals surface area contributed by atoms with Gasteiger partial charge in [0.2, 0.25) is 0 Å². The van der Waals surface area contributed by atoms with Crippen molar-refractivity contribution in [1.82, 2.24) is 0 Å². The fourth-order valence-electron chi connectivity index (χ4n) is 2.40. The van der Waals surface area contributed by atoms with E-state index < -0.39 is 5.82 Å². The molecule has 0 aliphatic heterocycles. The van der Waals surface area contributed by atoms with Gasteiger partial charge in [-0.25, -0.2) is 4.39 Å². The molecule has 102 valence electrons. The number of halogens is 1. The predicted molar refractivity (Wildman–Crippen MR) is 82.4 cm³/mol. The molecule has 3 aromatic rings. The summed E-state index contributed by atoms with van der Waals surface area (Å²) in [5, 5.41) is 14.6. The third-order valence-electron chi connectivity index (χ3n) is 3.45. The predicted octanol–water partition coefficient (Wildman–Crippen LogP) is 4.46. The second-order valence-corrected chi connectivity index (χ2v) is 4.79. The van der Waals surface area contributed by atoms with E-state index in [1.807, 2.05) is 30.3 Å². The highest BCUT2D eigenvalue weighted by molar-refractivity contribution is 5.85. The van der Waals surface area contributed by atoms with E-state index in [1.54, 1.807) is 6.07 Å². The minimum atomic E-state index is -0.401. The minimum Gasteiger partial charge on any atom is -0.380 e. The largest absolute Gasteiger partial charge is 0.380 e. The second-order valence-electron chi connectivity index (χ2n) is 4.79. The summed E-state index contributed by atoms with van der Waals surface area (Å²) in [4.78, 5) is 0. The van der Waals surface area contributed by atoms with Gasteiger partial charge in [0, 0.05) is 6.54 Å². The van der Waals surface area contributed by atoms with Crippen molar-refractivity contribution in [1.29, 1.82) is 5.26 Å². The first-order valence-electron chi connectivity index (χ1n) is 6.68. The van der Waals surface area contributed by atoms with Crippen LogP contribution in [0, 0.1) is 17.1 Å². The van der Waals surface area contributed by atoms with Crippen LogP contribution in [0.1, 0.15) is 11.1 Å². The molecule has 0 saturated carbocycles. The van der Waals surface area contributed by atoms with Crippen molar-refractivity contribution < 1.29 is 4.39 Å². The molecular weight excluding hydrogens is 263 g/mol. The van der Waals surface area contributed by atoms with Crippen molar-refractivity contribution in [2.75, 3.05) is 5.32 Å². The van der Waals surface area contributed by atoms with Gasteiger partial charge in [0.05, 0.1) is 11.3 Å². The molecule has 0 unspecified atom stereocenters. The summed E-state index contributed by atoms with van der Waals surface area (Å²) in [7, 11) is 0. The Morgan fingerprint density at radius 1 is 1.00 bits per heavy atom. The average molecular weight is 276 g/mol. The monoisotopic (exact) mass is 276 g/mol. The fourth-order valence-corrected chi connectivity index (χ4v) is 2.40. The lowest BCUT2D eigenvalue weighted by molar-refractivity contribution is 0.627. The van der Waals surface area contributed by atoms with Crippen LogP contribution >= 0.6 is 0 Å². The highest BCUT2D eigenvalue weighted by Gasteiger charge is 2.05. The third-order valence-corrected chi connectivity index (χ3v) is 3.45. The maximum atomic E-state index is 13.1. The normalized spacial score (nSPS) is 10.3. The van der Waals surface area contributed by atoms with Gasteiger partial charge in [0.1, 0.15) is 11.9 Å². The van der Waals surface area contributed by atoms with Crippen LogP contribution in [0.5, 0.6) is 0 Å². The first kappa shape index (κ1) is 13.1. The molecule has 0 bridgehead atoms. The summed E-state index contributed by atoms with van der Waals surface area (Å²) < 4.78 is 13.1. The molecule has 0 heterocycles. The van der Waals surface area contributed by atoms with Gasteiger partial charge in [-0.15, -0.1) is 0 Å². The summed E-state index contributed by atoms with van der Waals surface area (Å²) >= 11 is 0. The van der Waals surface area contributed by atoms with Crippen molar-refractivity contribution >= 4 is 16.5 Å².